The van der Waals surface area contributed by atoms with Crippen LogP contribution < -0.4 is 5.32 Å². The lowest BCUT2D eigenvalue weighted by Gasteiger charge is -2.06. The third kappa shape index (κ3) is 2.81. The lowest BCUT2D eigenvalue weighted by Crippen LogP contribution is -2.13. The van der Waals surface area contributed by atoms with Gasteiger partial charge < -0.3 is 5.32 Å². The summed E-state index contributed by atoms with van der Waals surface area (Å²) in [4.78, 5) is 15.3. The number of amides is 1. The molecule has 0 fully saturated rings. The van der Waals surface area contributed by atoms with Crippen molar-refractivity contribution in [3.8, 4) is 0 Å². The normalized spacial score (nSPS) is 10.2. The van der Waals surface area contributed by atoms with Gasteiger partial charge in [-0.2, -0.15) is 0 Å². The summed E-state index contributed by atoms with van der Waals surface area (Å²) in [6.07, 6.45) is 0.914. The van der Waals surface area contributed by atoms with Crippen LogP contribution >= 0.6 is 11.6 Å². The highest BCUT2D eigenvalue weighted by molar-refractivity contribution is 6.33. The van der Waals surface area contributed by atoms with Gasteiger partial charge in [0.2, 0.25) is 0 Å². The van der Waals surface area contributed by atoms with Crippen molar-refractivity contribution in [1.82, 2.24) is 4.98 Å². The molecule has 0 aliphatic heterocycles. The zero-order valence-corrected chi connectivity index (χ0v) is 9.71. The molecule has 0 unspecified atom stereocenters. The molecule has 0 radical (unpaired) electrons. The second-order valence-corrected chi connectivity index (χ2v) is 3.81. The van der Waals surface area contributed by atoms with Gasteiger partial charge in [0.1, 0.15) is 16.8 Å². The molecule has 2 rings (SSSR count). The molecule has 0 saturated carbocycles. The summed E-state index contributed by atoms with van der Waals surface area (Å²) in [5.74, 6) is -1.69. The van der Waals surface area contributed by atoms with E-state index in [1.807, 2.05) is 0 Å². The Labute approximate surface area is 106 Å². The molecule has 2 aromatic rings. The Hall–Kier alpha value is -2.01. The number of hydrogen-bond donors (Lipinski definition) is 1. The van der Waals surface area contributed by atoms with Crippen molar-refractivity contribution in [2.45, 2.75) is 0 Å². The average Bonchev–Trinajstić information content (AvgIpc) is 2.35. The van der Waals surface area contributed by atoms with Crippen molar-refractivity contribution >= 4 is 23.2 Å². The van der Waals surface area contributed by atoms with Crippen LogP contribution in [0.2, 0.25) is 5.15 Å². The first kappa shape index (κ1) is 12.4. The van der Waals surface area contributed by atoms with Crippen molar-refractivity contribution in [1.29, 1.82) is 0 Å². The van der Waals surface area contributed by atoms with Gasteiger partial charge in [0.25, 0.3) is 5.91 Å². The fourth-order valence-electron chi connectivity index (χ4n) is 1.31. The Bertz CT molecular complexity index is 587. The van der Waals surface area contributed by atoms with E-state index >= 15 is 0 Å². The lowest BCUT2D eigenvalue weighted by atomic mass is 10.2. The van der Waals surface area contributed by atoms with E-state index in [9.17, 15) is 13.6 Å². The number of anilines is 1. The first-order valence-corrected chi connectivity index (χ1v) is 5.32. The molecule has 1 N–H and O–H groups in total. The van der Waals surface area contributed by atoms with Crippen molar-refractivity contribution in [2.24, 2.45) is 0 Å². The van der Waals surface area contributed by atoms with Gasteiger partial charge >= 0.3 is 0 Å². The van der Waals surface area contributed by atoms with Gasteiger partial charge in [0.15, 0.2) is 0 Å². The highest BCUT2D eigenvalue weighted by Crippen LogP contribution is 2.16. The predicted molar refractivity (Wildman–Crippen MR) is 63.6 cm³/mol. The Kier molecular flexibility index (Phi) is 3.53. The van der Waals surface area contributed by atoms with Crippen LogP contribution in [0.1, 0.15) is 10.4 Å². The van der Waals surface area contributed by atoms with Gasteiger partial charge in [0, 0.05) is 5.69 Å². The molecule has 1 heterocycles. The number of benzene rings is 1. The minimum absolute atomic E-state index is 0.0824. The SMILES string of the molecule is O=C(Nc1ccc(F)cc1)c1cc(F)cnc1Cl. The first-order chi connectivity index (χ1) is 8.56. The smallest absolute Gasteiger partial charge is 0.258 e. The van der Waals surface area contributed by atoms with Gasteiger partial charge in [-0.05, 0) is 30.3 Å². The van der Waals surface area contributed by atoms with Gasteiger partial charge in [-0.3, -0.25) is 4.79 Å². The van der Waals surface area contributed by atoms with Crippen molar-refractivity contribution in [3.05, 3.63) is 58.9 Å². The highest BCUT2D eigenvalue weighted by atomic mass is 35.5. The molecule has 0 aliphatic carbocycles. The highest BCUT2D eigenvalue weighted by Gasteiger charge is 2.12. The summed E-state index contributed by atoms with van der Waals surface area (Å²) in [5, 5.41) is 2.36. The van der Waals surface area contributed by atoms with E-state index in [2.05, 4.69) is 10.3 Å². The fraction of sp³-hybridized carbons (Fsp3) is 0. The van der Waals surface area contributed by atoms with E-state index in [0.717, 1.165) is 12.3 Å². The minimum Gasteiger partial charge on any atom is -0.322 e. The summed E-state index contributed by atoms with van der Waals surface area (Å²) in [7, 11) is 0. The van der Waals surface area contributed by atoms with E-state index in [1.165, 1.54) is 24.3 Å². The molecule has 6 heteroatoms. The molecule has 0 bridgehead atoms. The Morgan fingerprint density at radius 1 is 1.17 bits per heavy atom. The van der Waals surface area contributed by atoms with Gasteiger partial charge in [0.05, 0.1) is 11.8 Å². The van der Waals surface area contributed by atoms with Gasteiger partial charge in [-0.15, -0.1) is 0 Å². The summed E-state index contributed by atoms with van der Waals surface area (Å²) >= 11 is 5.68. The summed E-state index contributed by atoms with van der Waals surface area (Å²) in [6.45, 7) is 0. The van der Waals surface area contributed by atoms with Crippen LogP contribution in [0, 0.1) is 11.6 Å². The second-order valence-electron chi connectivity index (χ2n) is 3.45. The summed E-state index contributed by atoms with van der Waals surface area (Å²) < 4.78 is 25.6. The van der Waals surface area contributed by atoms with Gasteiger partial charge in [-0.25, -0.2) is 13.8 Å². The molecular formula is C12H7ClF2N2O. The van der Waals surface area contributed by atoms with Crippen LogP contribution in [-0.4, -0.2) is 10.9 Å². The van der Waals surface area contributed by atoms with Crippen LogP contribution in [0.4, 0.5) is 14.5 Å². The zero-order chi connectivity index (χ0) is 13.1. The number of rotatable bonds is 2. The van der Waals surface area contributed by atoms with Gasteiger partial charge in [-0.1, -0.05) is 11.6 Å². The summed E-state index contributed by atoms with van der Waals surface area (Å²) in [6, 6.07) is 6.14. The topological polar surface area (TPSA) is 42.0 Å². The average molecular weight is 269 g/mol. The van der Waals surface area contributed by atoms with Crippen LogP contribution in [0.15, 0.2) is 36.5 Å². The second kappa shape index (κ2) is 5.10. The number of pyridine rings is 1. The predicted octanol–water partition coefficient (Wildman–Crippen LogP) is 3.27. The standard InChI is InChI=1S/C12H7ClF2N2O/c13-11-10(5-8(15)6-16-11)12(18)17-9-3-1-7(14)2-4-9/h1-6H,(H,17,18). The third-order valence-corrected chi connectivity index (χ3v) is 2.45. The third-order valence-electron chi connectivity index (χ3n) is 2.15. The number of nitrogens with one attached hydrogen (secondary N) is 1. The quantitative estimate of drug-likeness (QED) is 0.850. The van der Waals surface area contributed by atoms with Crippen molar-refractivity contribution in [3.63, 3.8) is 0 Å². The van der Waals surface area contributed by atoms with Crippen LogP contribution in [0.25, 0.3) is 0 Å². The maximum Gasteiger partial charge on any atom is 0.258 e. The molecule has 18 heavy (non-hydrogen) atoms. The Morgan fingerprint density at radius 2 is 1.83 bits per heavy atom. The van der Waals surface area contributed by atoms with E-state index in [4.69, 9.17) is 11.6 Å². The molecular weight excluding hydrogens is 262 g/mol. The summed E-state index contributed by atoms with van der Waals surface area (Å²) in [5.41, 5.74) is 0.294. The molecule has 0 spiro atoms. The Morgan fingerprint density at radius 3 is 2.50 bits per heavy atom. The number of carbonyl (C=O) groups excluding carboxylic acids is 1. The zero-order valence-electron chi connectivity index (χ0n) is 8.95. The molecule has 1 aromatic heterocycles. The monoisotopic (exact) mass is 268 g/mol. The van der Waals surface area contributed by atoms with E-state index in [-0.39, 0.29) is 10.7 Å². The van der Waals surface area contributed by atoms with Crippen LogP contribution in [0.3, 0.4) is 0 Å². The van der Waals surface area contributed by atoms with E-state index < -0.39 is 17.5 Å². The van der Waals surface area contributed by atoms with Crippen molar-refractivity contribution < 1.29 is 13.6 Å². The number of aromatic nitrogens is 1. The molecule has 0 aliphatic rings. The Balaban J connectivity index is 2.21. The molecule has 92 valence electrons. The largest absolute Gasteiger partial charge is 0.322 e. The van der Waals surface area contributed by atoms with Crippen molar-refractivity contribution in [2.75, 3.05) is 5.32 Å². The maximum absolute atomic E-state index is 12.9. The number of halogens is 3. The van der Waals surface area contributed by atoms with Crippen LogP contribution in [0.5, 0.6) is 0 Å². The molecule has 1 amide bonds. The first-order valence-electron chi connectivity index (χ1n) is 4.94. The molecule has 0 atom stereocenters. The number of hydrogen-bond acceptors (Lipinski definition) is 2. The lowest BCUT2D eigenvalue weighted by molar-refractivity contribution is 0.102. The van der Waals surface area contributed by atoms with Crippen LogP contribution in [-0.2, 0) is 0 Å². The van der Waals surface area contributed by atoms with E-state index in [1.54, 1.807) is 0 Å². The number of carbonyl (C=O) groups is 1. The fourth-order valence-corrected chi connectivity index (χ4v) is 1.50. The molecule has 0 saturated heterocycles. The maximum atomic E-state index is 12.9. The molecule has 1 aromatic carbocycles. The minimum atomic E-state index is -0.663. The molecule has 3 nitrogen and oxygen atoms in total. The van der Waals surface area contributed by atoms with E-state index in [0.29, 0.717) is 5.69 Å². The number of nitrogens with zero attached hydrogens (tertiary/aromatic N) is 1.